The van der Waals surface area contributed by atoms with E-state index in [2.05, 4.69) is 15.4 Å². The molecule has 8 heavy (non-hydrogen) atoms. The first-order valence-corrected chi connectivity index (χ1v) is 0.532. The maximum atomic E-state index is 7.88. The van der Waals surface area contributed by atoms with Crippen LogP contribution in [-0.2, 0) is 19.3 Å². The Morgan fingerprint density at radius 2 is 0.500 bits per heavy atom. The van der Waals surface area contributed by atoms with Gasteiger partial charge in [-0.3, -0.25) is 0 Å². The minimum absolute atomic E-state index is 0. The monoisotopic (exact) mass is 182 g/mol. The number of hydrogen-bond acceptors (Lipinski definition) is 1. The van der Waals surface area contributed by atoms with Gasteiger partial charge in [-0.1, -0.05) is 0 Å². The molecule has 0 saturated heterocycles. The van der Waals surface area contributed by atoms with Crippen molar-refractivity contribution >= 4 is 0 Å². The first kappa shape index (κ1) is 361. The molecule has 0 bridgehead atoms. The minimum atomic E-state index is 0. The van der Waals surface area contributed by atoms with Gasteiger partial charge in [0, 0.05) is 0 Å². The average Bonchev–Trinajstić information content (AvgIpc) is 1.00. The van der Waals surface area contributed by atoms with Crippen molar-refractivity contribution in [3.8, 4) is 0 Å². The molecule has 0 radical (unpaired) electrons. The van der Waals surface area contributed by atoms with Gasteiger partial charge in [-0.2, -0.15) is 0 Å². The van der Waals surface area contributed by atoms with E-state index < -0.39 is 0 Å². The van der Waals surface area contributed by atoms with Crippen LogP contribution in [0.5, 0.6) is 0 Å². The molecule has 0 saturated carbocycles. The molecule has 0 aliphatic rings. The quantitative estimate of drug-likeness (QED) is 0.331. The summed E-state index contributed by atoms with van der Waals surface area (Å²) >= 11 is 2.62. The van der Waals surface area contributed by atoms with E-state index in [0.717, 1.165) is 0 Å². The molecule has 12 N–H and O–H groups in total. The predicted molar refractivity (Wildman–Crippen MR) is 22.4 cm³/mol. The van der Waals surface area contributed by atoms with Crippen molar-refractivity contribution < 1.29 is 52.1 Å². The van der Waals surface area contributed by atoms with Crippen LogP contribution >= 0.6 is 0 Å². The molecule has 0 aromatic rings. The van der Waals surface area contributed by atoms with Crippen molar-refractivity contribution in [3.63, 3.8) is 0 Å². The molecule has 64 valence electrons. The van der Waals surface area contributed by atoms with E-state index in [0.29, 0.717) is 0 Å². The molecular formula is H12NiO7. The first-order valence-electron chi connectivity index (χ1n) is 0.129. The fraction of sp³-hybridized carbons (Fsp3) is 0. The van der Waals surface area contributed by atoms with E-state index in [1.807, 2.05) is 0 Å². The molecule has 0 aliphatic heterocycles. The zero-order chi connectivity index (χ0) is 2.00. The third-order valence-corrected chi connectivity index (χ3v) is 0. The summed E-state index contributed by atoms with van der Waals surface area (Å²) in [6, 6.07) is 0. The molecule has 0 rings (SSSR count). The van der Waals surface area contributed by atoms with Crippen LogP contribution in [0.3, 0.4) is 0 Å². The van der Waals surface area contributed by atoms with Gasteiger partial charge in [-0.05, 0) is 0 Å². The molecule has 0 aromatic heterocycles. The van der Waals surface area contributed by atoms with Gasteiger partial charge in [0.1, 0.15) is 0 Å². The van der Waals surface area contributed by atoms with Crippen molar-refractivity contribution in [2.24, 2.45) is 0 Å². The van der Waals surface area contributed by atoms with Gasteiger partial charge in [0.25, 0.3) is 0 Å². The Labute approximate surface area is 53.1 Å². The molecule has 0 atom stereocenters. The Morgan fingerprint density at radius 1 is 0.500 bits per heavy atom. The number of rotatable bonds is 0. The predicted octanol–water partition coefficient (Wildman–Crippen LogP) is -5.07. The average molecular weight is 183 g/mol. The van der Waals surface area contributed by atoms with E-state index in [-0.39, 0.29) is 32.9 Å². The van der Waals surface area contributed by atoms with Crippen molar-refractivity contribution in [2.45, 2.75) is 0 Å². The van der Waals surface area contributed by atoms with Crippen LogP contribution in [0, 0.1) is 0 Å². The summed E-state index contributed by atoms with van der Waals surface area (Å²) in [4.78, 5) is 0. The Balaban J connectivity index is -0.000000000333. The third kappa shape index (κ3) is 54000. The summed E-state index contributed by atoms with van der Waals surface area (Å²) in [7, 11) is 0. The molecule has 0 fully saturated rings. The molecule has 0 amide bonds. The summed E-state index contributed by atoms with van der Waals surface area (Å²) in [6.07, 6.45) is 0. The summed E-state index contributed by atoms with van der Waals surface area (Å²) in [5.74, 6) is 0. The second-order valence-corrected chi connectivity index (χ2v) is 0. The van der Waals surface area contributed by atoms with Gasteiger partial charge >= 0.3 is 19.3 Å². The van der Waals surface area contributed by atoms with Gasteiger partial charge in [-0.25, -0.2) is 0 Å². The van der Waals surface area contributed by atoms with Gasteiger partial charge in [0.2, 0.25) is 0 Å². The topological polar surface area (TPSA) is 206 Å². The second kappa shape index (κ2) is 90300. The van der Waals surface area contributed by atoms with E-state index in [1.54, 1.807) is 0 Å². The Bertz CT molecular complexity index is 4.35. The molecule has 0 unspecified atom stereocenters. The fourth-order valence-corrected chi connectivity index (χ4v) is 0. The van der Waals surface area contributed by atoms with Gasteiger partial charge in [0.15, 0.2) is 0 Å². The van der Waals surface area contributed by atoms with E-state index >= 15 is 0 Å². The Morgan fingerprint density at radius 3 is 0.500 bits per heavy atom. The first-order chi connectivity index (χ1) is 1.00. The van der Waals surface area contributed by atoms with Crippen LogP contribution in [0.25, 0.3) is 0 Å². The van der Waals surface area contributed by atoms with Crippen molar-refractivity contribution in [2.75, 3.05) is 0 Å². The van der Waals surface area contributed by atoms with Gasteiger partial charge in [-0.15, -0.1) is 0 Å². The Hall–Kier alpha value is 0.0535. The van der Waals surface area contributed by atoms with Crippen LogP contribution in [0.2, 0.25) is 0 Å². The summed E-state index contributed by atoms with van der Waals surface area (Å²) in [5, 5.41) is 0. The zero-order valence-corrected chi connectivity index (χ0v) is 4.71. The molecule has 0 aromatic carbocycles. The van der Waals surface area contributed by atoms with E-state index in [9.17, 15) is 0 Å². The number of hydrogen-bond donors (Lipinski definition) is 0. The summed E-state index contributed by atoms with van der Waals surface area (Å²) in [5.41, 5.74) is 0. The maximum absolute atomic E-state index is 7.88. The molecule has 8 heteroatoms. The van der Waals surface area contributed by atoms with Crippen LogP contribution in [0.15, 0.2) is 0 Å². The standard InChI is InChI=1S/Ni.6H2O.O/h;6*1H2;. The van der Waals surface area contributed by atoms with E-state index in [4.69, 9.17) is 3.90 Å². The third-order valence-electron chi connectivity index (χ3n) is 0. The normalized spacial score (nSPS) is 0.750. The van der Waals surface area contributed by atoms with Crippen LogP contribution in [0.4, 0.5) is 0 Å². The molecule has 7 nitrogen and oxygen atoms in total. The Kier molecular flexibility index (Phi) is 4070000. The van der Waals surface area contributed by atoms with Gasteiger partial charge < -0.3 is 32.9 Å². The second-order valence-electron chi connectivity index (χ2n) is 0. The molecular weight excluding hydrogens is 171 g/mol. The van der Waals surface area contributed by atoms with E-state index in [1.165, 1.54) is 0 Å². The van der Waals surface area contributed by atoms with Gasteiger partial charge in [0.05, 0.1) is 0 Å². The van der Waals surface area contributed by atoms with Crippen molar-refractivity contribution in [1.29, 1.82) is 0 Å². The summed E-state index contributed by atoms with van der Waals surface area (Å²) < 4.78 is 7.88. The SMILES string of the molecule is O.O.O.O.O.O.[O]=[Ni]. The van der Waals surface area contributed by atoms with Crippen molar-refractivity contribution in [3.05, 3.63) is 0 Å². The fourth-order valence-electron chi connectivity index (χ4n) is 0. The molecule has 0 heterocycles. The zero-order valence-electron chi connectivity index (χ0n) is 3.72. The van der Waals surface area contributed by atoms with Crippen LogP contribution < -0.4 is 0 Å². The molecule has 0 aliphatic carbocycles. The summed E-state index contributed by atoms with van der Waals surface area (Å²) in [6.45, 7) is 0. The van der Waals surface area contributed by atoms with Crippen LogP contribution in [-0.4, -0.2) is 32.9 Å². The van der Waals surface area contributed by atoms with Crippen molar-refractivity contribution in [1.82, 2.24) is 0 Å². The molecule has 0 spiro atoms. The van der Waals surface area contributed by atoms with Crippen LogP contribution in [0.1, 0.15) is 0 Å².